The van der Waals surface area contributed by atoms with Crippen LogP contribution in [0.15, 0.2) is 48.5 Å². The molecule has 0 spiro atoms. The summed E-state index contributed by atoms with van der Waals surface area (Å²) in [7, 11) is 0. The average molecular weight is 344 g/mol. The lowest BCUT2D eigenvalue weighted by atomic mass is 10.0. The zero-order chi connectivity index (χ0) is 17.1. The highest BCUT2D eigenvalue weighted by Crippen LogP contribution is 2.41. The first-order chi connectivity index (χ1) is 11.5. The number of benzene rings is 2. The third kappa shape index (κ3) is 4.30. The Hall–Kier alpha value is -2.00. The van der Waals surface area contributed by atoms with Crippen LogP contribution in [0.3, 0.4) is 0 Å². The Morgan fingerprint density at radius 3 is 2.33 bits per heavy atom. The monoisotopic (exact) mass is 343 g/mol. The maximum Gasteiger partial charge on any atom is 0.261 e. The number of amides is 1. The summed E-state index contributed by atoms with van der Waals surface area (Å²) in [5.41, 5.74) is 2.26. The molecule has 24 heavy (non-hydrogen) atoms. The largest absolute Gasteiger partial charge is 0.481 e. The third-order valence-electron chi connectivity index (χ3n) is 4.32. The van der Waals surface area contributed by atoms with Crippen molar-refractivity contribution < 1.29 is 9.53 Å². The summed E-state index contributed by atoms with van der Waals surface area (Å²) < 4.78 is 5.75. The number of nitrogens with one attached hydrogen (secondary N) is 1. The van der Waals surface area contributed by atoms with E-state index in [4.69, 9.17) is 16.3 Å². The fourth-order valence-corrected chi connectivity index (χ4v) is 2.84. The van der Waals surface area contributed by atoms with E-state index in [2.05, 4.69) is 5.32 Å². The molecule has 0 bridgehead atoms. The maximum absolute atomic E-state index is 12.5. The minimum Gasteiger partial charge on any atom is -0.481 e. The number of hydrogen-bond acceptors (Lipinski definition) is 2. The van der Waals surface area contributed by atoms with Gasteiger partial charge in [-0.2, -0.15) is 0 Å². The molecule has 1 saturated carbocycles. The Balaban J connectivity index is 1.64. The average Bonchev–Trinajstić information content (AvgIpc) is 3.40. The Labute approximate surface area is 148 Å². The lowest BCUT2D eigenvalue weighted by molar-refractivity contribution is -0.128. The van der Waals surface area contributed by atoms with Crippen molar-refractivity contribution in [2.75, 3.05) is 0 Å². The van der Waals surface area contributed by atoms with Gasteiger partial charge in [0.15, 0.2) is 6.10 Å². The van der Waals surface area contributed by atoms with E-state index >= 15 is 0 Å². The summed E-state index contributed by atoms with van der Waals surface area (Å²) in [4.78, 5) is 12.5. The van der Waals surface area contributed by atoms with Crippen LogP contribution < -0.4 is 10.1 Å². The van der Waals surface area contributed by atoms with Crippen molar-refractivity contribution >= 4 is 17.5 Å². The number of carbonyl (C=O) groups excluding carboxylic acids is 1. The van der Waals surface area contributed by atoms with Gasteiger partial charge in [-0.3, -0.25) is 4.79 Å². The topological polar surface area (TPSA) is 38.3 Å². The molecule has 0 aromatic heterocycles. The van der Waals surface area contributed by atoms with Gasteiger partial charge in [-0.15, -0.1) is 0 Å². The molecule has 0 saturated heterocycles. The predicted molar refractivity (Wildman–Crippen MR) is 96.3 cm³/mol. The van der Waals surface area contributed by atoms with E-state index in [-0.39, 0.29) is 11.9 Å². The third-order valence-corrected chi connectivity index (χ3v) is 4.58. The summed E-state index contributed by atoms with van der Waals surface area (Å²) >= 11 is 5.96. The molecule has 2 aromatic rings. The normalized spacial score (nSPS) is 16.3. The van der Waals surface area contributed by atoms with E-state index < -0.39 is 6.10 Å². The van der Waals surface area contributed by atoms with Crippen LogP contribution in [0.4, 0.5) is 0 Å². The Bertz CT molecular complexity index is 693. The summed E-state index contributed by atoms with van der Waals surface area (Å²) in [5, 5.41) is 3.84. The second-order valence-electron chi connectivity index (χ2n) is 6.45. The first kappa shape index (κ1) is 16.8. The van der Waals surface area contributed by atoms with Crippen molar-refractivity contribution in [2.45, 2.75) is 38.8 Å². The van der Waals surface area contributed by atoms with Crippen molar-refractivity contribution in [1.82, 2.24) is 5.32 Å². The fraction of sp³-hybridized carbons (Fsp3) is 0.350. The number of rotatable bonds is 6. The van der Waals surface area contributed by atoms with Gasteiger partial charge in [0.25, 0.3) is 5.91 Å². The highest BCUT2D eigenvalue weighted by atomic mass is 35.5. The van der Waals surface area contributed by atoms with Gasteiger partial charge in [-0.05, 0) is 62.4 Å². The van der Waals surface area contributed by atoms with E-state index in [1.807, 2.05) is 55.5 Å². The molecule has 1 aliphatic carbocycles. The minimum atomic E-state index is -0.541. The number of carbonyl (C=O) groups is 1. The van der Waals surface area contributed by atoms with Crippen LogP contribution in [0.2, 0.25) is 5.02 Å². The number of ether oxygens (including phenoxy) is 1. The SMILES string of the molecule is Cc1ccc(O[C@H](C)C(=O)N[C@H](c2ccc(Cl)cc2)C2CC2)cc1. The summed E-state index contributed by atoms with van der Waals surface area (Å²) in [6, 6.07) is 15.4. The predicted octanol–water partition coefficient (Wildman–Crippen LogP) is 4.68. The van der Waals surface area contributed by atoms with E-state index in [1.165, 1.54) is 0 Å². The minimum absolute atomic E-state index is 0.0267. The van der Waals surface area contributed by atoms with Crippen molar-refractivity contribution in [3.05, 3.63) is 64.7 Å². The smallest absolute Gasteiger partial charge is 0.261 e. The molecule has 2 aromatic carbocycles. The number of hydrogen-bond donors (Lipinski definition) is 1. The molecule has 0 heterocycles. The van der Waals surface area contributed by atoms with Gasteiger partial charge in [0.05, 0.1) is 6.04 Å². The quantitative estimate of drug-likeness (QED) is 0.826. The lowest BCUT2D eigenvalue weighted by Crippen LogP contribution is -2.39. The van der Waals surface area contributed by atoms with Crippen molar-refractivity contribution in [1.29, 1.82) is 0 Å². The van der Waals surface area contributed by atoms with Crippen LogP contribution in [-0.4, -0.2) is 12.0 Å². The van der Waals surface area contributed by atoms with Crippen LogP contribution >= 0.6 is 11.6 Å². The van der Waals surface area contributed by atoms with Crippen molar-refractivity contribution in [3.63, 3.8) is 0 Å². The second kappa shape index (κ2) is 7.27. The summed E-state index contributed by atoms with van der Waals surface area (Å²) in [6.45, 7) is 3.80. The molecular formula is C20H22ClNO2. The van der Waals surface area contributed by atoms with Gasteiger partial charge in [0.1, 0.15) is 5.75 Å². The van der Waals surface area contributed by atoms with Crippen molar-refractivity contribution in [3.8, 4) is 5.75 Å². The van der Waals surface area contributed by atoms with Gasteiger partial charge in [-0.25, -0.2) is 0 Å². The molecule has 3 rings (SSSR count). The summed E-state index contributed by atoms with van der Waals surface area (Å²) in [5.74, 6) is 1.11. The van der Waals surface area contributed by atoms with Gasteiger partial charge >= 0.3 is 0 Å². The Morgan fingerprint density at radius 2 is 1.75 bits per heavy atom. The number of halogens is 1. The van der Waals surface area contributed by atoms with Gasteiger partial charge in [0, 0.05) is 5.02 Å². The first-order valence-electron chi connectivity index (χ1n) is 8.32. The van der Waals surface area contributed by atoms with Crippen LogP contribution in [0.1, 0.15) is 36.9 Å². The first-order valence-corrected chi connectivity index (χ1v) is 8.70. The molecule has 1 fully saturated rings. The maximum atomic E-state index is 12.5. The standard InChI is InChI=1S/C20H22ClNO2/c1-13-3-11-18(12-4-13)24-14(2)20(23)22-19(15-5-6-15)16-7-9-17(21)10-8-16/h3-4,7-12,14-15,19H,5-6H2,1-2H3,(H,22,23)/t14-,19+/m1/s1. The molecule has 0 unspecified atom stereocenters. The van der Waals surface area contributed by atoms with E-state index in [9.17, 15) is 4.79 Å². The molecule has 1 aliphatic rings. The van der Waals surface area contributed by atoms with Crippen LogP contribution in [0.5, 0.6) is 5.75 Å². The fourth-order valence-electron chi connectivity index (χ4n) is 2.72. The zero-order valence-electron chi connectivity index (χ0n) is 14.0. The molecule has 2 atom stereocenters. The number of aryl methyl sites for hydroxylation is 1. The Kier molecular flexibility index (Phi) is 5.10. The summed E-state index contributed by atoms with van der Waals surface area (Å²) in [6.07, 6.45) is 1.74. The van der Waals surface area contributed by atoms with E-state index in [0.29, 0.717) is 16.7 Å². The second-order valence-corrected chi connectivity index (χ2v) is 6.88. The molecule has 1 N–H and O–H groups in total. The van der Waals surface area contributed by atoms with Gasteiger partial charge in [-0.1, -0.05) is 41.4 Å². The van der Waals surface area contributed by atoms with Crippen LogP contribution in [0, 0.1) is 12.8 Å². The molecular weight excluding hydrogens is 322 g/mol. The lowest BCUT2D eigenvalue weighted by Gasteiger charge is -2.22. The molecule has 126 valence electrons. The van der Waals surface area contributed by atoms with E-state index in [0.717, 1.165) is 24.0 Å². The molecule has 4 heteroatoms. The van der Waals surface area contributed by atoms with Gasteiger partial charge in [0.2, 0.25) is 0 Å². The van der Waals surface area contributed by atoms with E-state index in [1.54, 1.807) is 6.92 Å². The Morgan fingerprint density at radius 1 is 1.12 bits per heavy atom. The van der Waals surface area contributed by atoms with Crippen LogP contribution in [-0.2, 0) is 4.79 Å². The van der Waals surface area contributed by atoms with Crippen molar-refractivity contribution in [2.24, 2.45) is 5.92 Å². The van der Waals surface area contributed by atoms with Gasteiger partial charge < -0.3 is 10.1 Å². The zero-order valence-corrected chi connectivity index (χ0v) is 14.7. The molecule has 0 radical (unpaired) electrons. The highest BCUT2D eigenvalue weighted by Gasteiger charge is 2.34. The molecule has 1 amide bonds. The molecule has 3 nitrogen and oxygen atoms in total. The molecule has 0 aliphatic heterocycles. The van der Waals surface area contributed by atoms with Crippen LogP contribution in [0.25, 0.3) is 0 Å². The highest BCUT2D eigenvalue weighted by molar-refractivity contribution is 6.30.